The quantitative estimate of drug-likeness (QED) is 0.623. The van der Waals surface area contributed by atoms with Crippen LogP contribution in [-0.2, 0) is 4.74 Å². The lowest BCUT2D eigenvalue weighted by Gasteiger charge is -2.57. The van der Waals surface area contributed by atoms with E-state index in [0.29, 0.717) is 0 Å². The number of nitrogens with zero attached hydrogens (tertiary/aromatic N) is 1. The summed E-state index contributed by atoms with van der Waals surface area (Å²) in [6, 6.07) is 0. The molecule has 0 aromatic heterocycles. The van der Waals surface area contributed by atoms with Crippen molar-refractivity contribution >= 4 is 6.09 Å². The molecule has 0 aromatic rings. The molecule has 0 bridgehead atoms. The van der Waals surface area contributed by atoms with E-state index >= 15 is 0 Å². The van der Waals surface area contributed by atoms with Crippen molar-refractivity contribution in [1.82, 2.24) is 4.90 Å². The molecule has 0 aromatic carbocycles. The Hall–Kier alpha value is -0.730. The summed E-state index contributed by atoms with van der Waals surface area (Å²) in [5, 5.41) is 0. The molecule has 1 aliphatic rings. The number of hydrogen-bond donors (Lipinski definition) is 0. The summed E-state index contributed by atoms with van der Waals surface area (Å²) >= 11 is 0. The molecule has 1 fully saturated rings. The Labute approximate surface area is 131 Å². The molecule has 3 heteroatoms. The summed E-state index contributed by atoms with van der Waals surface area (Å²) in [7, 11) is 0. The third kappa shape index (κ3) is 3.92. The first-order valence-electron chi connectivity index (χ1n) is 8.18. The molecule has 0 radical (unpaired) electrons. The van der Waals surface area contributed by atoms with Gasteiger partial charge in [-0.05, 0) is 49.9 Å². The van der Waals surface area contributed by atoms with Gasteiger partial charge in [0.05, 0.1) is 0 Å². The molecule has 3 nitrogen and oxygen atoms in total. The molecular weight excluding hydrogens is 262 g/mol. The average Bonchev–Trinajstić information content (AvgIpc) is 2.23. The van der Waals surface area contributed by atoms with Crippen molar-refractivity contribution in [2.45, 2.75) is 80.8 Å². The fourth-order valence-corrected chi connectivity index (χ4v) is 4.02. The molecule has 0 N–H and O–H groups in total. The van der Waals surface area contributed by atoms with Crippen molar-refractivity contribution in [2.75, 3.05) is 13.1 Å². The molecule has 0 spiro atoms. The Balaban J connectivity index is 2.84. The van der Waals surface area contributed by atoms with Crippen LogP contribution in [0.1, 0.15) is 75.2 Å². The van der Waals surface area contributed by atoms with Crippen molar-refractivity contribution in [3.05, 3.63) is 0 Å². The van der Waals surface area contributed by atoms with Crippen LogP contribution in [0.15, 0.2) is 0 Å². The van der Waals surface area contributed by atoms with Gasteiger partial charge in [0.15, 0.2) is 0 Å². The zero-order chi connectivity index (χ0) is 16.7. The molecular formula is C18H35NO2. The number of likely N-dealkylation sites (tertiary alicyclic amines) is 1. The van der Waals surface area contributed by atoms with E-state index in [9.17, 15) is 4.79 Å². The first-order chi connectivity index (χ1) is 9.20. The van der Waals surface area contributed by atoms with Gasteiger partial charge in [0.1, 0.15) is 5.60 Å². The fraction of sp³-hybridized carbons (Fsp3) is 0.944. The predicted molar refractivity (Wildman–Crippen MR) is 88.4 cm³/mol. The Kier molecular flexibility index (Phi) is 4.78. The number of amides is 1. The molecule has 1 amide bonds. The van der Waals surface area contributed by atoms with Crippen molar-refractivity contribution < 1.29 is 9.53 Å². The third-order valence-corrected chi connectivity index (χ3v) is 5.14. The number of carbonyl (C=O) groups is 1. The van der Waals surface area contributed by atoms with Crippen molar-refractivity contribution in [2.24, 2.45) is 16.2 Å². The second kappa shape index (κ2) is 5.48. The van der Waals surface area contributed by atoms with Gasteiger partial charge < -0.3 is 9.64 Å². The van der Waals surface area contributed by atoms with Crippen LogP contribution in [0.25, 0.3) is 0 Å². The van der Waals surface area contributed by atoms with Gasteiger partial charge in [-0.2, -0.15) is 0 Å². The van der Waals surface area contributed by atoms with E-state index < -0.39 is 5.60 Å². The number of carbonyl (C=O) groups excluding carboxylic acids is 1. The lowest BCUT2D eigenvalue weighted by atomic mass is 9.50. The Bertz CT molecular complexity index is 355. The van der Waals surface area contributed by atoms with Gasteiger partial charge in [0, 0.05) is 13.1 Å². The van der Waals surface area contributed by atoms with Gasteiger partial charge in [-0.15, -0.1) is 0 Å². The lowest BCUT2D eigenvalue weighted by Crippen LogP contribution is -2.54. The summed E-state index contributed by atoms with van der Waals surface area (Å²) in [5.41, 5.74) is 0.286. The number of hydrogen-bond acceptors (Lipinski definition) is 2. The second-order valence-electron chi connectivity index (χ2n) is 9.55. The van der Waals surface area contributed by atoms with E-state index in [2.05, 4.69) is 41.5 Å². The highest BCUT2D eigenvalue weighted by Crippen LogP contribution is 2.57. The van der Waals surface area contributed by atoms with Crippen LogP contribution in [-0.4, -0.2) is 29.7 Å². The van der Waals surface area contributed by atoms with Gasteiger partial charge >= 0.3 is 6.09 Å². The standard InChI is InChI=1S/C18H35NO2/c1-15(2,3)18(16(4,5)6)10-12-19(13-11-18)14(20)21-17(7,8)9/h10-13H2,1-9H3. The first kappa shape index (κ1) is 18.3. The molecule has 0 atom stereocenters. The molecule has 21 heavy (non-hydrogen) atoms. The topological polar surface area (TPSA) is 29.5 Å². The molecule has 0 aliphatic carbocycles. The van der Waals surface area contributed by atoms with Crippen molar-refractivity contribution in [3.63, 3.8) is 0 Å². The van der Waals surface area contributed by atoms with Crippen LogP contribution in [0.4, 0.5) is 4.79 Å². The summed E-state index contributed by atoms with van der Waals surface area (Å²) in [4.78, 5) is 14.1. The largest absolute Gasteiger partial charge is 0.444 e. The van der Waals surface area contributed by atoms with E-state index in [1.54, 1.807) is 0 Å². The zero-order valence-electron chi connectivity index (χ0n) is 15.6. The van der Waals surface area contributed by atoms with Gasteiger partial charge in [0.25, 0.3) is 0 Å². The van der Waals surface area contributed by atoms with E-state index in [1.807, 2.05) is 25.7 Å². The van der Waals surface area contributed by atoms with E-state index in [1.165, 1.54) is 0 Å². The monoisotopic (exact) mass is 297 g/mol. The van der Waals surface area contributed by atoms with Crippen LogP contribution in [0.5, 0.6) is 0 Å². The molecule has 1 saturated heterocycles. The summed E-state index contributed by atoms with van der Waals surface area (Å²) in [6.07, 6.45) is 1.91. The summed E-state index contributed by atoms with van der Waals surface area (Å²) in [6.45, 7) is 21.4. The lowest BCUT2D eigenvalue weighted by molar-refractivity contribution is -0.0828. The third-order valence-electron chi connectivity index (χ3n) is 5.14. The minimum atomic E-state index is -0.417. The van der Waals surface area contributed by atoms with E-state index in [0.717, 1.165) is 25.9 Å². The maximum absolute atomic E-state index is 12.2. The SMILES string of the molecule is CC(C)(C)OC(=O)N1CCC(C(C)(C)C)(C(C)(C)C)CC1. The van der Waals surface area contributed by atoms with Crippen LogP contribution in [0.2, 0.25) is 0 Å². The highest BCUT2D eigenvalue weighted by Gasteiger charge is 2.52. The van der Waals surface area contributed by atoms with Crippen LogP contribution >= 0.6 is 0 Å². The van der Waals surface area contributed by atoms with Crippen molar-refractivity contribution in [1.29, 1.82) is 0 Å². The molecule has 0 saturated carbocycles. The minimum Gasteiger partial charge on any atom is -0.444 e. The second-order valence-corrected chi connectivity index (χ2v) is 9.55. The van der Waals surface area contributed by atoms with E-state index in [-0.39, 0.29) is 22.3 Å². The smallest absolute Gasteiger partial charge is 0.410 e. The summed E-state index contributed by atoms with van der Waals surface area (Å²) < 4.78 is 5.50. The maximum Gasteiger partial charge on any atom is 0.410 e. The average molecular weight is 297 g/mol. The molecule has 1 heterocycles. The Morgan fingerprint density at radius 1 is 0.857 bits per heavy atom. The Morgan fingerprint density at radius 3 is 1.52 bits per heavy atom. The predicted octanol–water partition coefficient (Wildman–Crippen LogP) is 5.10. The number of piperidine rings is 1. The first-order valence-corrected chi connectivity index (χ1v) is 8.18. The number of rotatable bonds is 0. The molecule has 1 rings (SSSR count). The molecule has 0 unspecified atom stereocenters. The fourth-order valence-electron chi connectivity index (χ4n) is 4.02. The normalized spacial score (nSPS) is 20.3. The van der Waals surface area contributed by atoms with Crippen LogP contribution in [0.3, 0.4) is 0 Å². The van der Waals surface area contributed by atoms with Crippen LogP contribution < -0.4 is 0 Å². The van der Waals surface area contributed by atoms with Gasteiger partial charge in [-0.1, -0.05) is 41.5 Å². The maximum atomic E-state index is 12.2. The number of ether oxygens (including phenoxy) is 1. The minimum absolute atomic E-state index is 0.168. The zero-order valence-corrected chi connectivity index (χ0v) is 15.6. The van der Waals surface area contributed by atoms with E-state index in [4.69, 9.17) is 4.74 Å². The van der Waals surface area contributed by atoms with Gasteiger partial charge in [-0.25, -0.2) is 4.79 Å². The van der Waals surface area contributed by atoms with Gasteiger partial charge in [-0.3, -0.25) is 0 Å². The highest BCUT2D eigenvalue weighted by molar-refractivity contribution is 5.68. The molecule has 1 aliphatic heterocycles. The summed E-state index contributed by atoms with van der Waals surface area (Å²) in [5.74, 6) is 0. The van der Waals surface area contributed by atoms with Gasteiger partial charge in [0.2, 0.25) is 0 Å². The van der Waals surface area contributed by atoms with Crippen molar-refractivity contribution in [3.8, 4) is 0 Å². The highest BCUT2D eigenvalue weighted by atomic mass is 16.6. The Morgan fingerprint density at radius 2 is 1.24 bits per heavy atom. The molecule has 124 valence electrons. The van der Waals surface area contributed by atoms with Crippen LogP contribution in [0, 0.1) is 16.2 Å².